The van der Waals surface area contributed by atoms with Crippen LogP contribution in [0.4, 0.5) is 0 Å². The summed E-state index contributed by atoms with van der Waals surface area (Å²) in [6.07, 6.45) is 3.70. The number of carbonyl (C=O) groups is 1. The highest BCUT2D eigenvalue weighted by atomic mass is 16.5. The van der Waals surface area contributed by atoms with Gasteiger partial charge in [0.1, 0.15) is 12.4 Å². The van der Waals surface area contributed by atoms with Gasteiger partial charge in [0.2, 0.25) is 0 Å². The average molecular weight is 298 g/mol. The Kier molecular flexibility index (Phi) is 3.91. The second kappa shape index (κ2) is 6.01. The van der Waals surface area contributed by atoms with Gasteiger partial charge in [0.05, 0.1) is 29.4 Å². The van der Waals surface area contributed by atoms with Crippen LogP contribution in [0.15, 0.2) is 36.7 Å². The third-order valence-electron chi connectivity index (χ3n) is 3.46. The van der Waals surface area contributed by atoms with E-state index in [1.807, 2.05) is 46.6 Å². The van der Waals surface area contributed by atoms with Gasteiger partial charge in [-0.05, 0) is 26.0 Å². The summed E-state index contributed by atoms with van der Waals surface area (Å²) in [5.41, 5.74) is 2.66. The van der Waals surface area contributed by atoms with Crippen LogP contribution >= 0.6 is 0 Å². The molecule has 114 valence electrons. The first-order chi connectivity index (χ1) is 10.7. The Balaban J connectivity index is 2.09. The van der Waals surface area contributed by atoms with Crippen molar-refractivity contribution < 1.29 is 9.53 Å². The van der Waals surface area contributed by atoms with Gasteiger partial charge in [0.15, 0.2) is 0 Å². The molecule has 0 N–H and O–H groups in total. The van der Waals surface area contributed by atoms with Gasteiger partial charge in [0, 0.05) is 12.7 Å². The van der Waals surface area contributed by atoms with Crippen LogP contribution in [-0.4, -0.2) is 31.9 Å². The fourth-order valence-electron chi connectivity index (χ4n) is 2.44. The zero-order valence-corrected chi connectivity index (χ0v) is 12.7. The number of carbonyl (C=O) groups excluding carboxylic acids is 1. The Bertz CT molecular complexity index is 803. The molecule has 0 saturated carbocycles. The monoisotopic (exact) mass is 298 g/mol. The van der Waals surface area contributed by atoms with Gasteiger partial charge in [-0.3, -0.25) is 9.48 Å². The minimum atomic E-state index is -0.269. The predicted octanol–water partition coefficient (Wildman–Crippen LogP) is 2.48. The Morgan fingerprint density at radius 2 is 2.09 bits per heavy atom. The fraction of sp³-hybridized carbons (Fsp3) is 0.312. The largest absolute Gasteiger partial charge is 0.465 e. The molecule has 22 heavy (non-hydrogen) atoms. The lowest BCUT2D eigenvalue weighted by Gasteiger charge is -2.07. The summed E-state index contributed by atoms with van der Waals surface area (Å²) >= 11 is 0. The molecule has 0 atom stereocenters. The molecule has 2 heterocycles. The van der Waals surface area contributed by atoms with E-state index in [1.165, 1.54) is 0 Å². The number of nitrogens with zero attached hydrogens (tertiary/aromatic N) is 4. The number of ether oxygens (including phenoxy) is 1. The van der Waals surface area contributed by atoms with Crippen LogP contribution in [0.5, 0.6) is 0 Å². The molecule has 0 bridgehead atoms. The molecule has 0 aliphatic rings. The van der Waals surface area contributed by atoms with Crippen LogP contribution in [0.3, 0.4) is 0 Å². The number of imidazole rings is 1. The van der Waals surface area contributed by atoms with Crippen LogP contribution < -0.4 is 0 Å². The van der Waals surface area contributed by atoms with Crippen LogP contribution in [0.25, 0.3) is 22.4 Å². The number of esters is 1. The SMILES string of the molecule is CCOC(=O)Cn1c(-c2cnn(CC)c2)nc2ccccc21. The normalized spacial score (nSPS) is 11.0. The molecule has 0 saturated heterocycles. The van der Waals surface area contributed by atoms with Crippen molar-refractivity contribution in [1.82, 2.24) is 19.3 Å². The van der Waals surface area contributed by atoms with Gasteiger partial charge >= 0.3 is 5.97 Å². The first kappa shape index (κ1) is 14.3. The van der Waals surface area contributed by atoms with Crippen LogP contribution in [0.1, 0.15) is 13.8 Å². The number of aryl methyl sites for hydroxylation is 1. The lowest BCUT2D eigenvalue weighted by atomic mass is 10.3. The zero-order chi connectivity index (χ0) is 15.5. The number of fused-ring (bicyclic) bond motifs is 1. The molecule has 3 rings (SSSR count). The third-order valence-corrected chi connectivity index (χ3v) is 3.46. The van der Waals surface area contributed by atoms with E-state index in [2.05, 4.69) is 10.1 Å². The molecular formula is C16H18N4O2. The summed E-state index contributed by atoms with van der Waals surface area (Å²) in [6, 6.07) is 7.76. The molecule has 0 aliphatic carbocycles. The van der Waals surface area contributed by atoms with Crippen molar-refractivity contribution in [3.05, 3.63) is 36.7 Å². The molecule has 0 aliphatic heterocycles. The van der Waals surface area contributed by atoms with Crippen molar-refractivity contribution in [3.63, 3.8) is 0 Å². The minimum Gasteiger partial charge on any atom is -0.465 e. The van der Waals surface area contributed by atoms with Gasteiger partial charge in [-0.15, -0.1) is 0 Å². The first-order valence-electron chi connectivity index (χ1n) is 7.36. The van der Waals surface area contributed by atoms with Gasteiger partial charge in [-0.25, -0.2) is 4.98 Å². The number of para-hydroxylation sites is 2. The van der Waals surface area contributed by atoms with E-state index in [-0.39, 0.29) is 12.5 Å². The summed E-state index contributed by atoms with van der Waals surface area (Å²) < 4.78 is 8.79. The summed E-state index contributed by atoms with van der Waals surface area (Å²) in [7, 11) is 0. The molecule has 1 aromatic carbocycles. The van der Waals surface area contributed by atoms with Gasteiger partial charge in [-0.2, -0.15) is 5.10 Å². The third kappa shape index (κ3) is 2.59. The zero-order valence-electron chi connectivity index (χ0n) is 12.7. The van der Waals surface area contributed by atoms with Crippen molar-refractivity contribution in [2.45, 2.75) is 26.9 Å². The fourth-order valence-corrected chi connectivity index (χ4v) is 2.44. The lowest BCUT2D eigenvalue weighted by Crippen LogP contribution is -2.14. The van der Waals surface area contributed by atoms with Crippen molar-refractivity contribution in [1.29, 1.82) is 0 Å². The molecule has 6 heteroatoms. The van der Waals surface area contributed by atoms with Crippen LogP contribution in [0.2, 0.25) is 0 Å². The maximum absolute atomic E-state index is 11.9. The van der Waals surface area contributed by atoms with E-state index in [9.17, 15) is 4.79 Å². The van der Waals surface area contributed by atoms with E-state index in [1.54, 1.807) is 13.1 Å². The quantitative estimate of drug-likeness (QED) is 0.679. The van der Waals surface area contributed by atoms with Gasteiger partial charge in [-0.1, -0.05) is 12.1 Å². The molecule has 0 fully saturated rings. The highest BCUT2D eigenvalue weighted by Crippen LogP contribution is 2.24. The van der Waals surface area contributed by atoms with Gasteiger partial charge < -0.3 is 9.30 Å². The first-order valence-corrected chi connectivity index (χ1v) is 7.36. The number of rotatable bonds is 5. The van der Waals surface area contributed by atoms with Crippen LogP contribution in [0, 0.1) is 0 Å². The maximum atomic E-state index is 11.9. The molecule has 0 amide bonds. The molecule has 0 spiro atoms. The highest BCUT2D eigenvalue weighted by Gasteiger charge is 2.16. The smallest absolute Gasteiger partial charge is 0.326 e. The van der Waals surface area contributed by atoms with Gasteiger partial charge in [0.25, 0.3) is 0 Å². The lowest BCUT2D eigenvalue weighted by molar-refractivity contribution is -0.143. The molecular weight excluding hydrogens is 280 g/mol. The van der Waals surface area contributed by atoms with Crippen molar-refractivity contribution in [2.24, 2.45) is 0 Å². The maximum Gasteiger partial charge on any atom is 0.326 e. The number of benzene rings is 1. The Hall–Kier alpha value is -2.63. The molecule has 2 aromatic heterocycles. The van der Waals surface area contributed by atoms with Crippen molar-refractivity contribution in [2.75, 3.05) is 6.61 Å². The van der Waals surface area contributed by atoms with Crippen molar-refractivity contribution >= 4 is 17.0 Å². The number of hydrogen-bond donors (Lipinski definition) is 0. The summed E-state index contributed by atoms with van der Waals surface area (Å²) in [5, 5.41) is 4.28. The molecule has 6 nitrogen and oxygen atoms in total. The van der Waals surface area contributed by atoms with E-state index < -0.39 is 0 Å². The Labute approximate surface area is 128 Å². The molecule has 0 unspecified atom stereocenters. The topological polar surface area (TPSA) is 61.9 Å². The number of aromatic nitrogens is 4. The van der Waals surface area contributed by atoms with Crippen molar-refractivity contribution in [3.8, 4) is 11.4 Å². The minimum absolute atomic E-state index is 0.140. The predicted molar refractivity (Wildman–Crippen MR) is 83.3 cm³/mol. The molecule has 0 radical (unpaired) electrons. The van der Waals surface area contributed by atoms with Crippen LogP contribution in [-0.2, 0) is 22.6 Å². The van der Waals surface area contributed by atoms with E-state index >= 15 is 0 Å². The van der Waals surface area contributed by atoms with E-state index in [0.717, 1.165) is 29.0 Å². The summed E-state index contributed by atoms with van der Waals surface area (Å²) in [5.74, 6) is 0.462. The standard InChI is InChI=1S/C16H18N4O2/c1-3-19-10-12(9-17-19)16-18-13-7-5-6-8-14(13)20(16)11-15(21)22-4-2/h5-10H,3-4,11H2,1-2H3. The second-order valence-corrected chi connectivity index (χ2v) is 4.90. The van der Waals surface area contributed by atoms with E-state index in [4.69, 9.17) is 4.74 Å². The Morgan fingerprint density at radius 1 is 1.27 bits per heavy atom. The molecule has 3 aromatic rings. The van der Waals surface area contributed by atoms with E-state index in [0.29, 0.717) is 6.61 Å². The summed E-state index contributed by atoms with van der Waals surface area (Å²) in [6.45, 7) is 5.13. The second-order valence-electron chi connectivity index (χ2n) is 4.90. The highest BCUT2D eigenvalue weighted by molar-refractivity contribution is 5.82. The number of hydrogen-bond acceptors (Lipinski definition) is 4. The Morgan fingerprint density at radius 3 is 2.82 bits per heavy atom. The summed E-state index contributed by atoms with van der Waals surface area (Å²) in [4.78, 5) is 16.6. The average Bonchev–Trinajstić information content (AvgIpc) is 3.12.